The highest BCUT2D eigenvalue weighted by atomic mass is 19.1. The van der Waals surface area contributed by atoms with Crippen molar-refractivity contribution in [1.82, 2.24) is 5.32 Å². The molecule has 2 unspecified atom stereocenters. The first kappa shape index (κ1) is 16.2. The van der Waals surface area contributed by atoms with Crippen molar-refractivity contribution in [2.24, 2.45) is 0 Å². The second kappa shape index (κ2) is 6.84. The van der Waals surface area contributed by atoms with Crippen LogP contribution in [0.2, 0.25) is 0 Å². The van der Waals surface area contributed by atoms with Gasteiger partial charge in [0, 0.05) is 12.5 Å². The summed E-state index contributed by atoms with van der Waals surface area (Å²) in [4.78, 5) is 12.1. The fourth-order valence-corrected chi connectivity index (χ4v) is 2.90. The van der Waals surface area contributed by atoms with Crippen LogP contribution in [0.4, 0.5) is 4.39 Å². The summed E-state index contributed by atoms with van der Waals surface area (Å²) in [6, 6.07) is 11.6. The Hall–Kier alpha value is -2.66. The van der Waals surface area contributed by atoms with E-state index in [1.807, 2.05) is 24.3 Å². The molecule has 0 heterocycles. The topological polar surface area (TPSA) is 58.6 Å². The molecule has 4 nitrogen and oxygen atoms in total. The number of benzene rings is 2. The van der Waals surface area contributed by atoms with Crippen molar-refractivity contribution >= 4 is 12.0 Å². The summed E-state index contributed by atoms with van der Waals surface area (Å²) >= 11 is 0. The molecule has 5 heteroatoms. The number of amides is 1. The average Bonchev–Trinajstić information content (AvgIpc) is 2.90. The van der Waals surface area contributed by atoms with E-state index < -0.39 is 18.0 Å². The highest BCUT2D eigenvalue weighted by Gasteiger charge is 2.31. The van der Waals surface area contributed by atoms with Gasteiger partial charge < -0.3 is 15.2 Å². The molecule has 0 saturated carbocycles. The molecule has 124 valence electrons. The van der Waals surface area contributed by atoms with E-state index >= 15 is 0 Å². The van der Waals surface area contributed by atoms with E-state index in [0.717, 1.165) is 11.1 Å². The molecule has 0 saturated heterocycles. The fraction of sp³-hybridized carbons (Fsp3) is 0.211. The van der Waals surface area contributed by atoms with E-state index in [4.69, 9.17) is 4.74 Å². The van der Waals surface area contributed by atoms with Gasteiger partial charge in [0.05, 0.1) is 19.3 Å². The van der Waals surface area contributed by atoms with Crippen molar-refractivity contribution < 1.29 is 19.0 Å². The number of fused-ring (bicyclic) bond motifs is 1. The number of carbonyl (C=O) groups excluding carboxylic acids is 1. The lowest BCUT2D eigenvalue weighted by Gasteiger charge is -2.16. The number of aliphatic hydroxyl groups is 1. The van der Waals surface area contributed by atoms with Crippen molar-refractivity contribution in [3.8, 4) is 5.75 Å². The minimum Gasteiger partial charge on any atom is -0.494 e. The number of hydrogen-bond donors (Lipinski definition) is 2. The number of rotatable bonds is 4. The second-order valence-corrected chi connectivity index (χ2v) is 5.68. The van der Waals surface area contributed by atoms with Gasteiger partial charge in [-0.25, -0.2) is 4.39 Å². The number of hydrogen-bond acceptors (Lipinski definition) is 3. The highest BCUT2D eigenvalue weighted by Crippen LogP contribution is 2.31. The molecular weight excluding hydrogens is 309 g/mol. The van der Waals surface area contributed by atoms with Gasteiger partial charge in [0.25, 0.3) is 0 Å². The summed E-state index contributed by atoms with van der Waals surface area (Å²) in [7, 11) is 1.39. The number of ether oxygens (including phenoxy) is 1. The summed E-state index contributed by atoms with van der Waals surface area (Å²) in [6.45, 7) is 0. The third-order valence-corrected chi connectivity index (χ3v) is 4.10. The summed E-state index contributed by atoms with van der Waals surface area (Å²) in [5.74, 6) is -0.651. The monoisotopic (exact) mass is 327 g/mol. The number of aliphatic hydroxyl groups excluding tert-OH is 1. The Kier molecular flexibility index (Phi) is 4.62. The van der Waals surface area contributed by atoms with Gasteiger partial charge in [0.1, 0.15) is 0 Å². The lowest BCUT2D eigenvalue weighted by Crippen LogP contribution is -2.32. The minimum absolute atomic E-state index is 0.123. The van der Waals surface area contributed by atoms with Crippen molar-refractivity contribution in [3.05, 3.63) is 71.0 Å². The van der Waals surface area contributed by atoms with Gasteiger partial charge in [-0.05, 0) is 34.9 Å². The molecular formula is C19H18FNO3. The third kappa shape index (κ3) is 3.31. The molecule has 0 aliphatic heterocycles. The Balaban J connectivity index is 1.70. The first-order valence-corrected chi connectivity index (χ1v) is 7.66. The smallest absolute Gasteiger partial charge is 0.244 e. The maximum atomic E-state index is 13.4. The molecule has 0 spiro atoms. The Morgan fingerprint density at radius 2 is 2.12 bits per heavy atom. The minimum atomic E-state index is -0.634. The largest absolute Gasteiger partial charge is 0.494 e. The van der Waals surface area contributed by atoms with Gasteiger partial charge >= 0.3 is 0 Å². The zero-order chi connectivity index (χ0) is 17.1. The van der Waals surface area contributed by atoms with Crippen LogP contribution in [-0.2, 0) is 11.2 Å². The Morgan fingerprint density at radius 3 is 2.92 bits per heavy atom. The fourth-order valence-electron chi connectivity index (χ4n) is 2.90. The van der Waals surface area contributed by atoms with Gasteiger partial charge in [-0.15, -0.1) is 0 Å². The SMILES string of the molecule is COc1cc(/C=C/C(=O)NC2c3ccccc3CC2O)ccc1F. The molecule has 1 aliphatic rings. The van der Waals surface area contributed by atoms with Crippen LogP contribution in [0, 0.1) is 5.82 Å². The number of nitrogens with one attached hydrogen (secondary N) is 1. The first-order valence-electron chi connectivity index (χ1n) is 7.66. The summed E-state index contributed by atoms with van der Waals surface area (Å²) < 4.78 is 18.3. The van der Waals surface area contributed by atoms with Crippen LogP contribution in [0.15, 0.2) is 48.5 Å². The first-order chi connectivity index (χ1) is 11.6. The van der Waals surface area contributed by atoms with E-state index in [1.165, 1.54) is 25.3 Å². The van der Waals surface area contributed by atoms with Crippen molar-refractivity contribution in [1.29, 1.82) is 0 Å². The lowest BCUT2D eigenvalue weighted by molar-refractivity contribution is -0.117. The Bertz CT molecular complexity index is 788. The Morgan fingerprint density at radius 1 is 1.33 bits per heavy atom. The van der Waals surface area contributed by atoms with E-state index in [-0.39, 0.29) is 11.7 Å². The quantitative estimate of drug-likeness (QED) is 0.849. The maximum Gasteiger partial charge on any atom is 0.244 e. The molecule has 24 heavy (non-hydrogen) atoms. The van der Waals surface area contributed by atoms with Crippen LogP contribution in [0.25, 0.3) is 6.08 Å². The predicted octanol–water partition coefficient (Wildman–Crippen LogP) is 2.62. The van der Waals surface area contributed by atoms with Crippen molar-refractivity contribution in [2.45, 2.75) is 18.6 Å². The van der Waals surface area contributed by atoms with Crippen LogP contribution in [-0.4, -0.2) is 24.2 Å². The molecule has 2 aromatic carbocycles. The average molecular weight is 327 g/mol. The number of halogens is 1. The van der Waals surface area contributed by atoms with Gasteiger partial charge in [-0.2, -0.15) is 0 Å². The van der Waals surface area contributed by atoms with Gasteiger partial charge in [0.15, 0.2) is 11.6 Å². The second-order valence-electron chi connectivity index (χ2n) is 5.68. The maximum absolute atomic E-state index is 13.4. The number of carbonyl (C=O) groups is 1. The molecule has 2 aromatic rings. The molecule has 1 amide bonds. The standard InChI is InChI=1S/C19H18FNO3/c1-24-17-10-12(6-8-15(17)20)7-9-18(23)21-19-14-5-3-2-4-13(14)11-16(19)22/h2-10,16,19,22H,11H2,1H3,(H,21,23)/b9-7+. The molecule has 2 N–H and O–H groups in total. The van der Waals surface area contributed by atoms with E-state index in [2.05, 4.69) is 5.32 Å². The molecule has 0 fully saturated rings. The molecule has 0 radical (unpaired) electrons. The number of methoxy groups -OCH3 is 1. The van der Waals surface area contributed by atoms with E-state index in [9.17, 15) is 14.3 Å². The lowest BCUT2D eigenvalue weighted by atomic mass is 10.1. The normalized spacial score (nSPS) is 19.3. The zero-order valence-corrected chi connectivity index (χ0v) is 13.2. The highest BCUT2D eigenvalue weighted by molar-refractivity contribution is 5.92. The van der Waals surface area contributed by atoms with Crippen LogP contribution in [0.1, 0.15) is 22.7 Å². The van der Waals surface area contributed by atoms with Gasteiger partial charge in [-0.3, -0.25) is 4.79 Å². The molecule has 0 bridgehead atoms. The summed E-state index contributed by atoms with van der Waals surface area (Å²) in [6.07, 6.45) is 2.83. The summed E-state index contributed by atoms with van der Waals surface area (Å²) in [5.41, 5.74) is 2.63. The van der Waals surface area contributed by atoms with E-state index in [0.29, 0.717) is 12.0 Å². The van der Waals surface area contributed by atoms with Crippen LogP contribution >= 0.6 is 0 Å². The van der Waals surface area contributed by atoms with Gasteiger partial charge in [-0.1, -0.05) is 30.3 Å². The predicted molar refractivity (Wildman–Crippen MR) is 89.0 cm³/mol. The van der Waals surface area contributed by atoms with E-state index in [1.54, 1.807) is 12.1 Å². The van der Waals surface area contributed by atoms with Crippen LogP contribution in [0.5, 0.6) is 5.75 Å². The zero-order valence-electron chi connectivity index (χ0n) is 13.2. The van der Waals surface area contributed by atoms with Crippen LogP contribution < -0.4 is 10.1 Å². The van der Waals surface area contributed by atoms with Crippen LogP contribution in [0.3, 0.4) is 0 Å². The summed E-state index contributed by atoms with van der Waals surface area (Å²) in [5, 5.41) is 13.0. The molecule has 0 aromatic heterocycles. The molecule has 1 aliphatic carbocycles. The molecule has 2 atom stereocenters. The third-order valence-electron chi connectivity index (χ3n) is 4.10. The van der Waals surface area contributed by atoms with Crippen molar-refractivity contribution in [3.63, 3.8) is 0 Å². The Labute approximate surface area is 139 Å². The van der Waals surface area contributed by atoms with Gasteiger partial charge in [0.2, 0.25) is 5.91 Å². The molecule has 3 rings (SSSR count). The van der Waals surface area contributed by atoms with Crippen molar-refractivity contribution in [2.75, 3.05) is 7.11 Å².